The van der Waals surface area contributed by atoms with Crippen LogP contribution in [0.5, 0.6) is 0 Å². The van der Waals surface area contributed by atoms with Crippen LogP contribution in [0.15, 0.2) is 24.2 Å². The topological polar surface area (TPSA) is 0 Å². The smallest absolute Gasteiger partial charge is 0.166 e. The quantitative estimate of drug-likeness (QED) is 0.550. The second-order valence-electron chi connectivity index (χ2n) is 2.19. The summed E-state index contributed by atoms with van der Waals surface area (Å²) in [5.41, 5.74) is -0.680. The van der Waals surface area contributed by atoms with Crippen molar-refractivity contribution >= 4 is 0 Å². The fraction of sp³-hybridized carbons (Fsp3) is 0.250. The fourth-order valence-electron chi connectivity index (χ4n) is 0.619. The maximum atomic E-state index is 12.2. The van der Waals surface area contributed by atoms with E-state index in [0.717, 1.165) is 12.1 Å². The zero-order valence-corrected chi connectivity index (χ0v) is 5.79. The molecule has 0 N–H and O–H groups in total. The third kappa shape index (κ3) is 1.97. The van der Waals surface area contributed by atoms with E-state index in [1.54, 1.807) is 6.92 Å². The lowest BCUT2D eigenvalue weighted by Gasteiger charge is -2.05. The molecule has 0 saturated carbocycles. The molecule has 0 heterocycles. The molecule has 0 aliphatic rings. The van der Waals surface area contributed by atoms with E-state index in [4.69, 9.17) is 2.74 Å². The van der Waals surface area contributed by atoms with Gasteiger partial charge < -0.3 is 0 Å². The number of hydrogen-bond acceptors (Lipinski definition) is 0. The summed E-state index contributed by atoms with van der Waals surface area (Å²) in [4.78, 5) is 0. The standard InChI is InChI=1S/C8H7F3/c1-6-2-4-7(5-3-6)8(9,10)11/h2-5H,1H3/i4D,5D. The van der Waals surface area contributed by atoms with E-state index in [2.05, 4.69) is 0 Å². The van der Waals surface area contributed by atoms with Crippen molar-refractivity contribution in [3.8, 4) is 0 Å². The van der Waals surface area contributed by atoms with Crippen molar-refractivity contribution in [2.45, 2.75) is 13.1 Å². The summed E-state index contributed by atoms with van der Waals surface area (Å²) in [5.74, 6) is 0. The highest BCUT2D eigenvalue weighted by atomic mass is 19.4. The first kappa shape index (κ1) is 5.63. The number of benzene rings is 1. The van der Waals surface area contributed by atoms with E-state index < -0.39 is 23.8 Å². The Morgan fingerprint density at radius 3 is 2.09 bits per heavy atom. The average molecular weight is 162 g/mol. The van der Waals surface area contributed by atoms with Gasteiger partial charge in [0.1, 0.15) is 0 Å². The summed E-state index contributed by atoms with van der Waals surface area (Å²) in [5, 5.41) is 0. The molecule has 0 aliphatic carbocycles. The molecule has 60 valence electrons. The second-order valence-corrected chi connectivity index (χ2v) is 2.19. The van der Waals surface area contributed by atoms with Gasteiger partial charge in [-0.2, -0.15) is 13.2 Å². The summed E-state index contributed by atoms with van der Waals surface area (Å²) in [7, 11) is 0. The first-order chi connectivity index (χ1) is 5.82. The van der Waals surface area contributed by atoms with Crippen LogP contribution in [0, 0.1) is 6.92 Å². The molecule has 0 aromatic heterocycles. The highest BCUT2D eigenvalue weighted by Crippen LogP contribution is 2.28. The lowest BCUT2D eigenvalue weighted by molar-refractivity contribution is -0.137. The summed E-state index contributed by atoms with van der Waals surface area (Å²) in [6.45, 7) is 1.55. The molecule has 0 nitrogen and oxygen atoms in total. The molecule has 1 aromatic carbocycles. The van der Waals surface area contributed by atoms with Gasteiger partial charge in [0, 0.05) is 0 Å². The normalized spacial score (nSPS) is 14.2. The highest BCUT2D eigenvalue weighted by Gasteiger charge is 2.29. The van der Waals surface area contributed by atoms with Gasteiger partial charge in [-0.3, -0.25) is 0 Å². The van der Waals surface area contributed by atoms with Gasteiger partial charge in [0.25, 0.3) is 0 Å². The molecule has 1 rings (SSSR count). The van der Waals surface area contributed by atoms with Crippen LogP contribution in [-0.4, -0.2) is 0 Å². The van der Waals surface area contributed by atoms with Gasteiger partial charge in [-0.1, -0.05) is 17.7 Å². The van der Waals surface area contributed by atoms with Crippen LogP contribution < -0.4 is 0 Å². The van der Waals surface area contributed by atoms with Crippen molar-refractivity contribution < 1.29 is 15.9 Å². The Morgan fingerprint density at radius 2 is 1.73 bits per heavy atom. The first-order valence-corrected chi connectivity index (χ1v) is 2.97. The molecule has 0 saturated heterocycles. The van der Waals surface area contributed by atoms with E-state index in [0.29, 0.717) is 5.56 Å². The van der Waals surface area contributed by atoms with Crippen LogP contribution in [0.2, 0.25) is 0 Å². The number of hydrogen-bond donors (Lipinski definition) is 0. The van der Waals surface area contributed by atoms with Crippen molar-refractivity contribution in [3.63, 3.8) is 0 Å². The summed E-state index contributed by atoms with van der Waals surface area (Å²) in [6, 6.07) is 0.914. The Labute approximate surface area is 65.5 Å². The van der Waals surface area contributed by atoms with E-state index in [-0.39, 0.29) is 0 Å². The van der Waals surface area contributed by atoms with E-state index in [1.807, 2.05) is 0 Å². The molecule has 3 heteroatoms. The monoisotopic (exact) mass is 162 g/mol. The number of rotatable bonds is 0. The minimum atomic E-state index is -4.61. The first-order valence-electron chi connectivity index (χ1n) is 3.97. The van der Waals surface area contributed by atoms with Crippen LogP contribution in [-0.2, 0) is 6.18 Å². The van der Waals surface area contributed by atoms with E-state index in [1.165, 1.54) is 0 Å². The summed E-state index contributed by atoms with van der Waals surface area (Å²) >= 11 is 0. The Hall–Kier alpha value is -0.990. The average Bonchev–Trinajstić information content (AvgIpc) is 1.78. The van der Waals surface area contributed by atoms with Gasteiger partial charge in [0.15, 0.2) is 0 Å². The molecule has 0 unspecified atom stereocenters. The van der Waals surface area contributed by atoms with Gasteiger partial charge in [-0.25, -0.2) is 0 Å². The Kier molecular flexibility index (Phi) is 1.31. The Balaban J connectivity index is 3.38. The van der Waals surface area contributed by atoms with Gasteiger partial charge in [-0.05, 0) is 19.0 Å². The highest BCUT2D eigenvalue weighted by molar-refractivity contribution is 5.23. The Morgan fingerprint density at radius 1 is 1.27 bits per heavy atom. The number of halogens is 3. The zero-order valence-electron chi connectivity index (χ0n) is 7.79. The summed E-state index contributed by atoms with van der Waals surface area (Å²) in [6.07, 6.45) is -4.61. The third-order valence-corrected chi connectivity index (χ3v) is 1.17. The van der Waals surface area contributed by atoms with Crippen LogP contribution in [0.25, 0.3) is 0 Å². The largest absolute Gasteiger partial charge is 0.416 e. The fourth-order valence-corrected chi connectivity index (χ4v) is 0.619. The molecule has 11 heavy (non-hydrogen) atoms. The minimum Gasteiger partial charge on any atom is -0.166 e. The predicted molar refractivity (Wildman–Crippen MR) is 36.2 cm³/mol. The molecule has 0 radical (unpaired) electrons. The second kappa shape index (κ2) is 2.57. The lowest BCUT2D eigenvalue weighted by Crippen LogP contribution is -2.03. The summed E-state index contributed by atoms with van der Waals surface area (Å²) < 4.78 is 50.7. The molecule has 0 aliphatic heterocycles. The maximum absolute atomic E-state index is 12.2. The molecule has 0 atom stereocenters. The van der Waals surface area contributed by atoms with Crippen molar-refractivity contribution in [2.24, 2.45) is 0 Å². The van der Waals surface area contributed by atoms with Gasteiger partial charge in [-0.15, -0.1) is 0 Å². The predicted octanol–water partition coefficient (Wildman–Crippen LogP) is 3.01. The van der Waals surface area contributed by atoms with Crippen molar-refractivity contribution in [2.75, 3.05) is 0 Å². The van der Waals surface area contributed by atoms with Crippen LogP contribution >= 0.6 is 0 Å². The number of aryl methyl sites for hydroxylation is 1. The third-order valence-electron chi connectivity index (χ3n) is 1.17. The van der Waals surface area contributed by atoms with Gasteiger partial charge >= 0.3 is 6.18 Å². The van der Waals surface area contributed by atoms with Crippen LogP contribution in [0.3, 0.4) is 0 Å². The van der Waals surface area contributed by atoms with E-state index in [9.17, 15) is 13.2 Å². The van der Waals surface area contributed by atoms with Crippen molar-refractivity contribution in [1.29, 1.82) is 0 Å². The molecule has 0 amide bonds. The maximum Gasteiger partial charge on any atom is 0.416 e. The Bertz CT molecular complexity index is 308. The zero-order chi connectivity index (χ0) is 10.2. The molecule has 0 spiro atoms. The molecule has 0 fully saturated rings. The van der Waals surface area contributed by atoms with Gasteiger partial charge in [0.05, 0.1) is 8.30 Å². The number of alkyl halides is 3. The van der Waals surface area contributed by atoms with E-state index >= 15 is 0 Å². The van der Waals surface area contributed by atoms with Crippen LogP contribution in [0.1, 0.15) is 13.9 Å². The minimum absolute atomic E-state index is 0.489. The molecule has 1 aromatic rings. The lowest BCUT2D eigenvalue weighted by atomic mass is 10.1. The van der Waals surface area contributed by atoms with Gasteiger partial charge in [0.2, 0.25) is 0 Å². The van der Waals surface area contributed by atoms with Crippen molar-refractivity contribution in [1.82, 2.24) is 0 Å². The van der Waals surface area contributed by atoms with Crippen LogP contribution in [0.4, 0.5) is 13.2 Å². The SMILES string of the molecule is [2H]c1cc(C)cc([2H])c1C(F)(F)F. The molecular weight excluding hydrogens is 153 g/mol. The molecule has 0 bridgehead atoms. The molecular formula is C8H7F3. The van der Waals surface area contributed by atoms with Crippen molar-refractivity contribution in [3.05, 3.63) is 35.3 Å².